The minimum Gasteiger partial charge on any atom is -0.326 e. The molecule has 1 N–H and O–H groups in total. The van der Waals surface area contributed by atoms with E-state index in [1.807, 2.05) is 42.5 Å². The Morgan fingerprint density at radius 2 is 1.71 bits per heavy atom. The van der Waals surface area contributed by atoms with Crippen molar-refractivity contribution in [2.24, 2.45) is 5.92 Å². The van der Waals surface area contributed by atoms with Gasteiger partial charge in [-0.3, -0.25) is 9.59 Å². The first kappa shape index (κ1) is 20.1. The Bertz CT molecular complexity index is 880. The molecule has 148 valence electrons. The molecule has 2 aromatic rings. The molecule has 4 heteroatoms. The Morgan fingerprint density at radius 1 is 1.07 bits per heavy atom. The maximum Gasteiger partial charge on any atom is 0.229 e. The first-order chi connectivity index (χ1) is 13.2. The van der Waals surface area contributed by atoms with Gasteiger partial charge in [0.2, 0.25) is 11.8 Å². The van der Waals surface area contributed by atoms with Crippen molar-refractivity contribution in [3.63, 3.8) is 0 Å². The summed E-state index contributed by atoms with van der Waals surface area (Å²) in [4.78, 5) is 27.4. The molecule has 1 aliphatic rings. The van der Waals surface area contributed by atoms with E-state index in [1.54, 1.807) is 4.90 Å². The molecule has 1 fully saturated rings. The SMILES string of the molecule is CC(C)c1ccccc1N1CC(C(=O)Nc2ccccc2C(C)(C)C)CC1=O. The van der Waals surface area contributed by atoms with E-state index in [-0.39, 0.29) is 29.6 Å². The molecule has 2 aromatic carbocycles. The minimum absolute atomic E-state index is 0.0114. The van der Waals surface area contributed by atoms with Crippen molar-refractivity contribution >= 4 is 23.2 Å². The summed E-state index contributed by atoms with van der Waals surface area (Å²) in [5.41, 5.74) is 3.91. The number of hydrogen-bond acceptors (Lipinski definition) is 2. The summed E-state index contributed by atoms with van der Waals surface area (Å²) >= 11 is 0. The van der Waals surface area contributed by atoms with Crippen LogP contribution in [-0.2, 0) is 15.0 Å². The molecule has 1 unspecified atom stereocenters. The lowest BCUT2D eigenvalue weighted by atomic mass is 9.85. The van der Waals surface area contributed by atoms with Crippen molar-refractivity contribution < 1.29 is 9.59 Å². The van der Waals surface area contributed by atoms with Gasteiger partial charge >= 0.3 is 0 Å². The first-order valence-electron chi connectivity index (χ1n) is 9.98. The largest absolute Gasteiger partial charge is 0.326 e. The van der Waals surface area contributed by atoms with Crippen LogP contribution >= 0.6 is 0 Å². The van der Waals surface area contributed by atoms with Crippen molar-refractivity contribution in [3.05, 3.63) is 59.7 Å². The molecule has 0 radical (unpaired) electrons. The van der Waals surface area contributed by atoms with E-state index in [0.717, 1.165) is 22.5 Å². The molecule has 28 heavy (non-hydrogen) atoms. The van der Waals surface area contributed by atoms with Gasteiger partial charge in [-0.1, -0.05) is 71.0 Å². The molecular formula is C24H30N2O2. The summed E-state index contributed by atoms with van der Waals surface area (Å²) in [7, 11) is 0. The van der Waals surface area contributed by atoms with Crippen LogP contribution in [0.15, 0.2) is 48.5 Å². The number of carbonyl (C=O) groups is 2. The van der Waals surface area contributed by atoms with Crippen LogP contribution in [-0.4, -0.2) is 18.4 Å². The number of nitrogens with one attached hydrogen (secondary N) is 1. The third-order valence-corrected chi connectivity index (χ3v) is 5.34. The zero-order chi connectivity index (χ0) is 20.5. The predicted molar refractivity (Wildman–Crippen MR) is 115 cm³/mol. The molecular weight excluding hydrogens is 348 g/mol. The monoisotopic (exact) mass is 378 g/mol. The molecule has 2 amide bonds. The molecule has 1 aliphatic heterocycles. The molecule has 1 heterocycles. The quantitative estimate of drug-likeness (QED) is 0.805. The number of hydrogen-bond donors (Lipinski definition) is 1. The van der Waals surface area contributed by atoms with E-state index in [0.29, 0.717) is 12.5 Å². The molecule has 0 bridgehead atoms. The van der Waals surface area contributed by atoms with Gasteiger partial charge in [-0.25, -0.2) is 0 Å². The lowest BCUT2D eigenvalue weighted by Gasteiger charge is -2.24. The average Bonchev–Trinajstić information content (AvgIpc) is 3.03. The van der Waals surface area contributed by atoms with E-state index in [1.165, 1.54) is 0 Å². The predicted octanol–water partition coefficient (Wildman–Crippen LogP) is 5.10. The van der Waals surface area contributed by atoms with E-state index < -0.39 is 0 Å². The number of amides is 2. The van der Waals surface area contributed by atoms with Gasteiger partial charge in [-0.2, -0.15) is 0 Å². The van der Waals surface area contributed by atoms with Crippen LogP contribution in [0.5, 0.6) is 0 Å². The number of benzene rings is 2. The van der Waals surface area contributed by atoms with Crippen molar-refractivity contribution in [1.82, 2.24) is 0 Å². The van der Waals surface area contributed by atoms with Gasteiger partial charge in [-0.05, 0) is 34.6 Å². The number of carbonyl (C=O) groups excluding carboxylic acids is 2. The van der Waals surface area contributed by atoms with E-state index in [4.69, 9.17) is 0 Å². The smallest absolute Gasteiger partial charge is 0.229 e. The van der Waals surface area contributed by atoms with Crippen LogP contribution in [0.2, 0.25) is 0 Å². The molecule has 1 atom stereocenters. The average molecular weight is 379 g/mol. The highest BCUT2D eigenvalue weighted by molar-refractivity contribution is 6.04. The van der Waals surface area contributed by atoms with Gasteiger partial charge in [-0.15, -0.1) is 0 Å². The second-order valence-corrected chi connectivity index (χ2v) is 8.90. The second kappa shape index (κ2) is 7.78. The van der Waals surface area contributed by atoms with Gasteiger partial charge in [0.15, 0.2) is 0 Å². The summed E-state index contributed by atoms with van der Waals surface area (Å²) in [5, 5.41) is 3.07. The lowest BCUT2D eigenvalue weighted by Crippen LogP contribution is -2.29. The van der Waals surface area contributed by atoms with Crippen LogP contribution in [0.25, 0.3) is 0 Å². The highest BCUT2D eigenvalue weighted by Gasteiger charge is 2.36. The standard InChI is InChI=1S/C24H30N2O2/c1-16(2)18-10-6-9-13-21(18)26-15-17(14-22(26)27)23(28)25-20-12-8-7-11-19(20)24(3,4)5/h6-13,16-17H,14-15H2,1-5H3,(H,25,28). The fourth-order valence-corrected chi connectivity index (χ4v) is 3.82. The minimum atomic E-state index is -0.347. The van der Waals surface area contributed by atoms with Gasteiger partial charge < -0.3 is 10.2 Å². The Balaban J connectivity index is 1.79. The summed E-state index contributed by atoms with van der Waals surface area (Å²) in [6.45, 7) is 11.0. The summed E-state index contributed by atoms with van der Waals surface area (Å²) < 4.78 is 0. The van der Waals surface area contributed by atoms with Crippen LogP contribution in [0.1, 0.15) is 58.1 Å². The Hall–Kier alpha value is -2.62. The lowest BCUT2D eigenvalue weighted by molar-refractivity contribution is -0.122. The summed E-state index contributed by atoms with van der Waals surface area (Å²) in [6.07, 6.45) is 0.246. The molecule has 3 rings (SSSR count). The van der Waals surface area contributed by atoms with Gasteiger partial charge in [0.1, 0.15) is 0 Å². The third-order valence-electron chi connectivity index (χ3n) is 5.34. The van der Waals surface area contributed by atoms with Crippen LogP contribution in [0, 0.1) is 5.92 Å². The van der Waals surface area contributed by atoms with Crippen molar-refractivity contribution in [2.45, 2.75) is 52.4 Å². The fraction of sp³-hybridized carbons (Fsp3) is 0.417. The zero-order valence-electron chi connectivity index (χ0n) is 17.5. The summed E-state index contributed by atoms with van der Waals surface area (Å²) in [5.74, 6) is -0.108. The molecule has 4 nitrogen and oxygen atoms in total. The normalized spacial score (nSPS) is 17.3. The maximum absolute atomic E-state index is 12.9. The molecule has 1 saturated heterocycles. The Labute approximate surface area is 167 Å². The third kappa shape index (κ3) is 4.11. The topological polar surface area (TPSA) is 49.4 Å². The number of anilines is 2. The molecule has 0 spiro atoms. The highest BCUT2D eigenvalue weighted by Crippen LogP contribution is 2.33. The van der Waals surface area contributed by atoms with E-state index in [2.05, 4.69) is 46.0 Å². The maximum atomic E-state index is 12.9. The van der Waals surface area contributed by atoms with Crippen molar-refractivity contribution in [3.8, 4) is 0 Å². The fourth-order valence-electron chi connectivity index (χ4n) is 3.82. The van der Waals surface area contributed by atoms with Crippen LogP contribution in [0.4, 0.5) is 11.4 Å². The number of para-hydroxylation sites is 2. The first-order valence-corrected chi connectivity index (χ1v) is 9.98. The number of nitrogens with zero attached hydrogens (tertiary/aromatic N) is 1. The van der Waals surface area contributed by atoms with E-state index in [9.17, 15) is 9.59 Å². The molecule has 0 aliphatic carbocycles. The van der Waals surface area contributed by atoms with Gasteiger partial charge in [0.05, 0.1) is 5.92 Å². The van der Waals surface area contributed by atoms with Gasteiger partial charge in [0.25, 0.3) is 0 Å². The van der Waals surface area contributed by atoms with Gasteiger partial charge in [0, 0.05) is 24.3 Å². The molecule has 0 aromatic heterocycles. The highest BCUT2D eigenvalue weighted by atomic mass is 16.2. The molecule has 0 saturated carbocycles. The van der Waals surface area contributed by atoms with Crippen LogP contribution < -0.4 is 10.2 Å². The zero-order valence-corrected chi connectivity index (χ0v) is 17.5. The Kier molecular flexibility index (Phi) is 5.59. The van der Waals surface area contributed by atoms with Crippen LogP contribution in [0.3, 0.4) is 0 Å². The van der Waals surface area contributed by atoms with Crippen molar-refractivity contribution in [2.75, 3.05) is 16.8 Å². The van der Waals surface area contributed by atoms with E-state index >= 15 is 0 Å². The summed E-state index contributed by atoms with van der Waals surface area (Å²) in [6, 6.07) is 15.9. The number of rotatable bonds is 4. The van der Waals surface area contributed by atoms with Crippen molar-refractivity contribution in [1.29, 1.82) is 0 Å². The second-order valence-electron chi connectivity index (χ2n) is 8.90. The Morgan fingerprint density at radius 3 is 2.39 bits per heavy atom.